The lowest BCUT2D eigenvalue weighted by atomic mass is 10.0. The molecule has 0 fully saturated rings. The van der Waals surface area contributed by atoms with Crippen LogP contribution in [-0.2, 0) is 0 Å². The number of aliphatic imine (C=N–C) groups is 1. The number of fused-ring (bicyclic) bond motifs is 4. The lowest BCUT2D eigenvalue weighted by Crippen LogP contribution is -2.16. The molecule has 2 aliphatic heterocycles. The number of rotatable bonds is 2. The number of aromatic nitrogens is 1. The van der Waals surface area contributed by atoms with Crippen molar-refractivity contribution < 1.29 is 13.9 Å². The molecule has 1 aromatic heterocycles. The Hall–Kier alpha value is -3.08. The second-order valence-electron chi connectivity index (χ2n) is 6.73. The largest absolute Gasteiger partial charge is 0.486 e. The molecule has 0 saturated heterocycles. The highest BCUT2D eigenvalue weighted by molar-refractivity contribution is 6.12. The smallest absolute Gasteiger partial charge is 0.163 e. The third-order valence-corrected chi connectivity index (χ3v) is 5.07. The minimum atomic E-state index is -0.264. The molecular formula is C22H19FN2O2. The van der Waals surface area contributed by atoms with Crippen LogP contribution in [0.15, 0.2) is 59.7 Å². The number of hydrogen-bond donors (Lipinski definition) is 0. The zero-order valence-corrected chi connectivity index (χ0v) is 15.0. The van der Waals surface area contributed by atoms with Gasteiger partial charge in [-0.2, -0.15) is 0 Å². The molecule has 4 nitrogen and oxygen atoms in total. The number of benzene rings is 2. The lowest BCUT2D eigenvalue weighted by Gasteiger charge is -2.22. The molecule has 3 heterocycles. The average Bonchev–Trinajstić information content (AvgIpc) is 3.13. The van der Waals surface area contributed by atoms with Crippen molar-refractivity contribution in [2.45, 2.75) is 19.4 Å². The molecule has 0 bridgehead atoms. The molecule has 0 spiro atoms. The summed E-state index contributed by atoms with van der Waals surface area (Å²) >= 11 is 0. The van der Waals surface area contributed by atoms with Crippen molar-refractivity contribution >= 4 is 5.71 Å². The average molecular weight is 362 g/mol. The first-order valence-corrected chi connectivity index (χ1v) is 9.20. The van der Waals surface area contributed by atoms with Crippen LogP contribution in [0.3, 0.4) is 0 Å². The number of hydrogen-bond acceptors (Lipinski definition) is 3. The predicted octanol–water partition coefficient (Wildman–Crippen LogP) is 4.69. The third-order valence-electron chi connectivity index (χ3n) is 5.07. The summed E-state index contributed by atoms with van der Waals surface area (Å²) in [6, 6.07) is 14.6. The van der Waals surface area contributed by atoms with Gasteiger partial charge in [-0.25, -0.2) is 4.39 Å². The second kappa shape index (κ2) is 6.27. The lowest BCUT2D eigenvalue weighted by molar-refractivity contribution is 0.171. The summed E-state index contributed by atoms with van der Waals surface area (Å²) in [6.45, 7) is 3.21. The van der Waals surface area contributed by atoms with Crippen molar-refractivity contribution in [3.05, 3.63) is 77.4 Å². The van der Waals surface area contributed by atoms with E-state index in [1.807, 2.05) is 36.5 Å². The molecule has 2 aliphatic rings. The third kappa shape index (κ3) is 2.62. The Morgan fingerprint density at radius 2 is 1.89 bits per heavy atom. The minimum Gasteiger partial charge on any atom is -0.486 e. The Labute approximate surface area is 156 Å². The number of nitrogens with zero attached hydrogens (tertiary/aromatic N) is 2. The van der Waals surface area contributed by atoms with Gasteiger partial charge < -0.3 is 14.0 Å². The summed E-state index contributed by atoms with van der Waals surface area (Å²) in [5.74, 6) is 1.25. The van der Waals surface area contributed by atoms with Gasteiger partial charge in [0.15, 0.2) is 11.5 Å². The van der Waals surface area contributed by atoms with Gasteiger partial charge in [0.1, 0.15) is 19.0 Å². The van der Waals surface area contributed by atoms with E-state index in [-0.39, 0.29) is 11.9 Å². The van der Waals surface area contributed by atoms with Crippen LogP contribution in [0, 0.1) is 5.82 Å². The molecule has 5 heteroatoms. The predicted molar refractivity (Wildman–Crippen MR) is 102 cm³/mol. The quantitative estimate of drug-likeness (QED) is 0.663. The molecule has 5 rings (SSSR count). The van der Waals surface area contributed by atoms with Crippen molar-refractivity contribution in [2.75, 3.05) is 13.2 Å². The van der Waals surface area contributed by atoms with Crippen LogP contribution in [-0.4, -0.2) is 23.5 Å². The van der Waals surface area contributed by atoms with E-state index in [1.165, 1.54) is 12.1 Å². The van der Waals surface area contributed by atoms with E-state index in [1.54, 1.807) is 6.07 Å². The van der Waals surface area contributed by atoms with E-state index in [4.69, 9.17) is 14.5 Å². The fraction of sp³-hybridized carbons (Fsp3) is 0.227. The van der Waals surface area contributed by atoms with Gasteiger partial charge >= 0.3 is 0 Å². The first-order chi connectivity index (χ1) is 13.2. The van der Waals surface area contributed by atoms with Gasteiger partial charge in [0.25, 0.3) is 0 Å². The van der Waals surface area contributed by atoms with Crippen LogP contribution in [0.5, 0.6) is 11.5 Å². The van der Waals surface area contributed by atoms with Crippen LogP contribution >= 0.6 is 0 Å². The molecule has 1 atom stereocenters. The van der Waals surface area contributed by atoms with Crippen LogP contribution in [0.4, 0.5) is 4.39 Å². The van der Waals surface area contributed by atoms with Gasteiger partial charge in [-0.1, -0.05) is 19.1 Å². The van der Waals surface area contributed by atoms with Crippen LogP contribution in [0.2, 0.25) is 0 Å². The van der Waals surface area contributed by atoms with Gasteiger partial charge in [-0.3, -0.25) is 4.99 Å². The molecule has 2 aromatic carbocycles. The Morgan fingerprint density at radius 3 is 2.67 bits per heavy atom. The number of ether oxygens (including phenoxy) is 2. The Morgan fingerprint density at radius 1 is 1.07 bits per heavy atom. The topological polar surface area (TPSA) is 35.8 Å². The van der Waals surface area contributed by atoms with Gasteiger partial charge in [-0.05, 0) is 36.8 Å². The molecule has 0 saturated carbocycles. The summed E-state index contributed by atoms with van der Waals surface area (Å²) in [6.07, 6.45) is 2.84. The Kier molecular flexibility index (Phi) is 3.74. The molecule has 136 valence electrons. The zero-order chi connectivity index (χ0) is 18.4. The minimum absolute atomic E-state index is 0.0472. The highest BCUT2D eigenvalue weighted by Gasteiger charge is 2.27. The van der Waals surface area contributed by atoms with E-state index < -0.39 is 0 Å². The first kappa shape index (κ1) is 16.1. The van der Waals surface area contributed by atoms with Crippen molar-refractivity contribution in [1.29, 1.82) is 0 Å². The summed E-state index contributed by atoms with van der Waals surface area (Å²) in [7, 11) is 0. The molecule has 1 unspecified atom stereocenters. The monoisotopic (exact) mass is 362 g/mol. The maximum absolute atomic E-state index is 13.9. The molecule has 3 aromatic rings. The maximum Gasteiger partial charge on any atom is 0.163 e. The normalized spacial score (nSPS) is 17.6. The van der Waals surface area contributed by atoms with Crippen molar-refractivity contribution in [1.82, 2.24) is 4.57 Å². The zero-order valence-electron chi connectivity index (χ0n) is 15.0. The van der Waals surface area contributed by atoms with E-state index in [0.717, 1.165) is 46.1 Å². The molecule has 0 amide bonds. The van der Waals surface area contributed by atoms with Crippen LogP contribution in [0.25, 0.3) is 5.69 Å². The van der Waals surface area contributed by atoms with Gasteiger partial charge in [0, 0.05) is 23.4 Å². The maximum atomic E-state index is 13.9. The van der Waals surface area contributed by atoms with Crippen LogP contribution in [0.1, 0.15) is 36.2 Å². The van der Waals surface area contributed by atoms with Gasteiger partial charge in [0.05, 0.1) is 23.1 Å². The molecule has 0 N–H and O–H groups in total. The highest BCUT2D eigenvalue weighted by Crippen LogP contribution is 2.41. The summed E-state index contributed by atoms with van der Waals surface area (Å²) < 4.78 is 27.6. The Bertz CT molecular complexity index is 1050. The summed E-state index contributed by atoms with van der Waals surface area (Å²) in [5.41, 5.74) is 4.63. The van der Waals surface area contributed by atoms with Crippen molar-refractivity contribution in [3.8, 4) is 17.2 Å². The first-order valence-electron chi connectivity index (χ1n) is 9.20. The van der Waals surface area contributed by atoms with Crippen molar-refractivity contribution in [2.24, 2.45) is 4.99 Å². The van der Waals surface area contributed by atoms with Crippen molar-refractivity contribution in [3.63, 3.8) is 0 Å². The SMILES string of the molecule is CCC1N=C(c2cccc(F)c2)c2cccn2-c2cc3c(cc21)OCCO3. The molecular weight excluding hydrogens is 343 g/mol. The fourth-order valence-electron chi connectivity index (χ4n) is 3.81. The summed E-state index contributed by atoms with van der Waals surface area (Å²) in [5, 5.41) is 0. The van der Waals surface area contributed by atoms with Gasteiger partial charge in [-0.15, -0.1) is 0 Å². The fourth-order valence-corrected chi connectivity index (χ4v) is 3.81. The molecule has 27 heavy (non-hydrogen) atoms. The summed E-state index contributed by atoms with van der Waals surface area (Å²) in [4.78, 5) is 5.04. The highest BCUT2D eigenvalue weighted by atomic mass is 19.1. The van der Waals surface area contributed by atoms with E-state index in [0.29, 0.717) is 13.2 Å². The molecule has 0 radical (unpaired) electrons. The van der Waals surface area contributed by atoms with Gasteiger partial charge in [0.2, 0.25) is 0 Å². The second-order valence-corrected chi connectivity index (χ2v) is 6.73. The number of halogens is 1. The van der Waals surface area contributed by atoms with E-state index >= 15 is 0 Å². The molecule has 0 aliphatic carbocycles. The van der Waals surface area contributed by atoms with E-state index in [2.05, 4.69) is 11.5 Å². The van der Waals surface area contributed by atoms with Crippen LogP contribution < -0.4 is 9.47 Å². The Balaban J connectivity index is 1.76. The van der Waals surface area contributed by atoms with E-state index in [9.17, 15) is 4.39 Å². The standard InChI is InChI=1S/C22H19FN2O2/c1-2-17-16-12-20-21(27-10-9-26-20)13-19(16)25-8-4-7-18(25)22(24-17)14-5-3-6-15(23)11-14/h3-8,11-13,17H,2,9-10H2,1H3.